The first kappa shape index (κ1) is 94.2. The minimum Gasteiger partial charge on any atom is -0.497 e. The predicted molar refractivity (Wildman–Crippen MR) is 405 cm³/mol. The standard InChI is InChI=1S/C46H56O11S.C16H24O2.C14H27O8.C2H4I.2CH4.V/c1-4-39-37(25-41(40(39)5-2)52-29-36-21-23-38(50-3)24-22-36)26-42-45(57-58(47,48)49)46(54-30-35-19-13-8-14-20-35)44(56-32-55-42)43(53-28-34-17-11-7-12-18-34)31-51-27-33-15-9-6-10-16-33;1-4-14-7-10-16(12(14)2)18-11-13-5-8-15(17-3)9-6-13;1-2-8(16)12(20)14(22)13(21)10(18)4-6-3-9(17)11(19)7(6)5-15;1-2-3;;;/h6-24,39-46H,4-5,25-32H2,1-3H3;5-6,8-9,12,14,16H,4,7,10-11H2,1-3H3;7-22H,2-5H2,1H3;2H,1H3;2*1H4;/q;;+1;-1;;;/p+1/t39-,40+,41+,42+,43-,44+,45+,46+;12-,14+,16-;7-,8-,9+,10+,11+,12+,13+,14+;;;;/m010..../s1. The second-order valence-electron chi connectivity index (χ2n) is 26.3. The number of aliphatic hydroxyl groups excluding tert-OH is 8. The summed E-state index contributed by atoms with van der Waals surface area (Å²) in [6, 6.07) is 45.1. The molecule has 1 heterocycles. The Morgan fingerprint density at radius 2 is 1.11 bits per heavy atom. The van der Waals surface area contributed by atoms with Crippen molar-refractivity contribution in [1.29, 1.82) is 0 Å². The molecule has 21 nitrogen and oxygen atoms in total. The van der Waals surface area contributed by atoms with E-state index in [1.54, 1.807) is 21.1 Å². The van der Waals surface area contributed by atoms with Crippen molar-refractivity contribution in [2.75, 3.05) is 34.2 Å². The van der Waals surface area contributed by atoms with E-state index in [1.165, 1.54) is 30.7 Å². The monoisotopic (exact) mass is 1630 g/mol. The van der Waals surface area contributed by atoms with E-state index >= 15 is 0 Å². The van der Waals surface area contributed by atoms with Gasteiger partial charge in [-0.3, -0.25) is 8.98 Å². The maximum atomic E-state index is 12.8. The van der Waals surface area contributed by atoms with E-state index in [-0.39, 0.29) is 97.2 Å². The molecule has 3 aliphatic carbocycles. The molecule has 583 valence electrons. The Balaban J connectivity index is 0.000000498. The zero-order valence-corrected chi connectivity index (χ0v) is 64.6. The van der Waals surface area contributed by atoms with Gasteiger partial charge in [-0.1, -0.05) is 171 Å². The Labute approximate surface area is 646 Å². The molecular weight excluding hydrogens is 1510 g/mol. The third-order valence-electron chi connectivity index (χ3n) is 19.8. The number of hydrogen-bond acceptors (Lipinski definition) is 20. The number of aliphatic hydroxyl groups is 8. The molecule has 0 bridgehead atoms. The van der Waals surface area contributed by atoms with Gasteiger partial charge in [0.05, 0.1) is 78.6 Å². The number of benzene rings is 5. The molecule has 1 radical (unpaired) electrons. The van der Waals surface area contributed by atoms with E-state index in [9.17, 15) is 53.8 Å². The summed E-state index contributed by atoms with van der Waals surface area (Å²) in [4.78, 5) is 0. The minimum atomic E-state index is -5.00. The van der Waals surface area contributed by atoms with Gasteiger partial charge in [0.25, 0.3) is 0 Å². The Morgan fingerprint density at radius 1 is 0.606 bits per heavy atom. The summed E-state index contributed by atoms with van der Waals surface area (Å²) in [5.41, 5.74) is 5.04. The first-order valence-electron chi connectivity index (χ1n) is 35.4. The maximum Gasteiger partial charge on any atom is 0.397 e. The maximum absolute atomic E-state index is 12.8. The van der Waals surface area contributed by atoms with Crippen LogP contribution in [0, 0.1) is 45.9 Å². The van der Waals surface area contributed by atoms with Gasteiger partial charge in [0, 0.05) is 24.5 Å². The molecule has 0 aromatic heterocycles. The quantitative estimate of drug-likeness (QED) is 0.0105. The molecule has 1 aliphatic heterocycles. The van der Waals surface area contributed by atoms with Crippen molar-refractivity contribution in [1.82, 2.24) is 0 Å². The van der Waals surface area contributed by atoms with Gasteiger partial charge in [0.2, 0.25) is 0 Å². The molecule has 0 spiro atoms. The largest absolute Gasteiger partial charge is 0.497 e. The van der Waals surface area contributed by atoms with E-state index in [2.05, 4.69) is 62.4 Å². The normalized spacial score (nSPS) is 25.4. The fourth-order valence-corrected chi connectivity index (χ4v) is 14.5. The molecule has 19 atom stereocenters. The van der Waals surface area contributed by atoms with Crippen molar-refractivity contribution in [3.63, 3.8) is 0 Å². The smallest absolute Gasteiger partial charge is 0.397 e. The molecule has 5 aromatic rings. The van der Waals surface area contributed by atoms with Crippen LogP contribution < -0.4 is 9.47 Å². The van der Waals surface area contributed by atoms with Gasteiger partial charge in [-0.05, 0) is 96.0 Å². The summed E-state index contributed by atoms with van der Waals surface area (Å²) in [7, 11) is -1.66. The number of ether oxygens (including phenoxy) is 9. The predicted octanol–water partition coefficient (Wildman–Crippen LogP) is 12.1. The van der Waals surface area contributed by atoms with E-state index in [0.29, 0.717) is 44.0 Å². The molecule has 4 fully saturated rings. The second kappa shape index (κ2) is 49.9. The van der Waals surface area contributed by atoms with Gasteiger partial charge in [-0.15, -0.1) is 0 Å². The van der Waals surface area contributed by atoms with Crippen LogP contribution >= 0.6 is 22.6 Å². The van der Waals surface area contributed by atoms with Gasteiger partial charge >= 0.3 is 10.4 Å². The summed E-state index contributed by atoms with van der Waals surface area (Å²) in [6.07, 6.45) is -7.78. The molecule has 0 amide bonds. The Morgan fingerprint density at radius 3 is 1.59 bits per heavy atom. The molecule has 3 saturated carbocycles. The van der Waals surface area contributed by atoms with E-state index in [4.69, 9.17) is 46.8 Å². The van der Waals surface area contributed by atoms with Crippen molar-refractivity contribution >= 4 is 33.0 Å². The van der Waals surface area contributed by atoms with Crippen molar-refractivity contribution in [2.45, 2.75) is 239 Å². The summed E-state index contributed by atoms with van der Waals surface area (Å²) in [6.45, 7) is 13.8. The molecule has 5 aromatic carbocycles. The number of rotatable bonds is 34. The van der Waals surface area contributed by atoms with Crippen LogP contribution in [0.3, 0.4) is 0 Å². The van der Waals surface area contributed by atoms with E-state index in [1.807, 2.05) is 139 Å². The number of hydrogen-bond donors (Lipinski definition) is 9. The van der Waals surface area contributed by atoms with E-state index < -0.39 is 96.2 Å². The first-order valence-corrected chi connectivity index (χ1v) is 38.0. The van der Waals surface area contributed by atoms with Crippen LogP contribution in [0.15, 0.2) is 140 Å². The van der Waals surface area contributed by atoms with Crippen LogP contribution in [0.1, 0.15) is 148 Å². The van der Waals surface area contributed by atoms with Gasteiger partial charge in [-0.25, -0.2) is 4.18 Å². The summed E-state index contributed by atoms with van der Waals surface area (Å²) in [5, 5.41) is 77.2. The average molecular weight is 1630 g/mol. The fraction of sp³-hybridized carbons (Fsp3) is 0.588. The zero-order valence-electron chi connectivity index (χ0n) is 60.2. The molecule has 0 unspecified atom stereocenters. The first-order chi connectivity index (χ1) is 48.6. The zero-order chi connectivity index (χ0) is 73.4. The van der Waals surface area contributed by atoms with Crippen LogP contribution in [0.2, 0.25) is 0 Å². The van der Waals surface area contributed by atoms with Crippen molar-refractivity contribution < 1.29 is 119 Å². The molecule has 1 saturated heterocycles. The van der Waals surface area contributed by atoms with Crippen molar-refractivity contribution in [3.05, 3.63) is 184 Å². The molecule has 9 rings (SSSR count). The van der Waals surface area contributed by atoms with Crippen molar-refractivity contribution in [3.8, 4) is 11.5 Å². The van der Waals surface area contributed by atoms with Crippen LogP contribution in [-0.2, 0) is 99.3 Å². The third kappa shape index (κ3) is 29.8. The summed E-state index contributed by atoms with van der Waals surface area (Å²) >= 11 is 2.16. The summed E-state index contributed by atoms with van der Waals surface area (Å²) < 4.78 is 98.9. The Kier molecular flexibility index (Phi) is 45.3. The topological polar surface area (TPSA) is 309 Å². The van der Waals surface area contributed by atoms with Crippen LogP contribution in [0.4, 0.5) is 0 Å². The molecule has 4 aliphatic rings. The van der Waals surface area contributed by atoms with Gasteiger partial charge in [-0.2, -0.15) is 15.3 Å². The van der Waals surface area contributed by atoms with Gasteiger partial charge in [0.1, 0.15) is 129 Å². The Hall–Kier alpha value is -3.98. The fourth-order valence-electron chi connectivity index (χ4n) is 14.0. The van der Waals surface area contributed by atoms with Crippen molar-refractivity contribution in [2.24, 2.45) is 29.6 Å². The number of methoxy groups -OCH3 is 2. The van der Waals surface area contributed by atoms with Crippen LogP contribution in [0.5, 0.6) is 11.5 Å². The average Bonchev–Trinajstić information content (AvgIpc) is 1.61. The molecule has 24 heteroatoms. The number of halogens is 1. The SMILES string of the molecule is C.C.CC[C@H](O)[C@@H](O)[C@@H](O)[C@H](O)[C@H](O)C[C+]1C[C@@H](O)[C@H](O)[C@H]1CO.CC[C@H]1CC[C@@H](OCc2ccc(OC)cc2)[C@@H]1C.CC[C@H]1[C@H](OCc2ccc(OC)cc2)C[C+](C[C@H]2OCO[C@H]([C@H](COCc3ccccc3)OCc3ccccc3)[C@@H](OCc3ccccc3)[C@@H]2OS(=O)(=O)O)[C@@H]1CC.C[CH-]I.[V]. The third-order valence-corrected chi connectivity index (χ3v) is 20.3. The molecule has 9 N–H and O–H groups in total. The second-order valence-corrected chi connectivity index (χ2v) is 28.6. The molecule has 104 heavy (non-hydrogen) atoms. The summed E-state index contributed by atoms with van der Waals surface area (Å²) in [5.74, 6) is 4.64. The van der Waals surface area contributed by atoms with E-state index in [0.717, 1.165) is 59.1 Å². The van der Waals surface area contributed by atoms with Crippen LogP contribution in [-0.4, -0.2) is 174 Å². The van der Waals surface area contributed by atoms with Gasteiger partial charge in [0.15, 0.2) is 5.92 Å². The van der Waals surface area contributed by atoms with Gasteiger partial charge < -0.3 is 106 Å². The molecular formula is C80H120IO21SV+. The minimum absolute atomic E-state index is 0. The Bertz CT molecular complexity index is 3100. The van der Waals surface area contributed by atoms with Crippen LogP contribution in [0.25, 0.3) is 0 Å².